The molecule has 9 aromatic rings. The molecule has 0 N–H and O–H groups in total. The van der Waals surface area contributed by atoms with Crippen LogP contribution in [0.25, 0.3) is 89.8 Å². The summed E-state index contributed by atoms with van der Waals surface area (Å²) >= 11 is 0. The third kappa shape index (κ3) is 4.60. The number of benzene rings is 6. The van der Waals surface area contributed by atoms with Crippen LogP contribution in [0.5, 0.6) is 0 Å². The molecular weight excluding hydrogens is 568 g/mol. The van der Waals surface area contributed by atoms with Crippen LogP contribution in [0.15, 0.2) is 154 Å². The monoisotopic (exact) mass is 592 g/mol. The lowest BCUT2D eigenvalue weighted by Crippen LogP contribution is -2.00. The highest BCUT2D eigenvalue weighted by molar-refractivity contribution is 6.05. The average molecular weight is 593 g/mol. The minimum atomic E-state index is 0.584. The molecule has 0 atom stereocenters. The van der Waals surface area contributed by atoms with Crippen LogP contribution in [-0.2, 0) is 0 Å². The topological polar surface area (TPSA) is 77.8 Å². The fourth-order valence-electron chi connectivity index (χ4n) is 5.84. The second kappa shape index (κ2) is 10.6. The van der Waals surface area contributed by atoms with Crippen molar-refractivity contribution in [2.75, 3.05) is 0 Å². The first-order valence-corrected chi connectivity index (χ1v) is 15.1. The molecule has 0 saturated heterocycles. The summed E-state index contributed by atoms with van der Waals surface area (Å²) in [6.45, 7) is 0. The van der Waals surface area contributed by atoms with Crippen molar-refractivity contribution in [3.05, 3.63) is 146 Å². The second-order valence-corrected chi connectivity index (χ2v) is 11.1. The molecule has 6 heteroatoms. The second-order valence-electron chi connectivity index (χ2n) is 11.1. The molecule has 0 amide bonds. The van der Waals surface area contributed by atoms with Gasteiger partial charge in [-0.15, -0.1) is 0 Å². The molecule has 0 aliphatic rings. The molecule has 0 aliphatic carbocycles. The number of furan rings is 1. The first-order valence-electron chi connectivity index (χ1n) is 15.1. The molecule has 6 aromatic carbocycles. The zero-order chi connectivity index (χ0) is 30.5. The summed E-state index contributed by atoms with van der Waals surface area (Å²) in [5, 5.41) is 2.15. The quantitative estimate of drug-likeness (QED) is 0.198. The molecule has 0 bridgehead atoms. The van der Waals surface area contributed by atoms with Gasteiger partial charge in [-0.25, -0.2) is 19.9 Å². The zero-order valence-corrected chi connectivity index (χ0v) is 24.5. The molecule has 0 saturated carbocycles. The lowest BCUT2D eigenvalue weighted by atomic mass is 10.0. The number of para-hydroxylation sites is 1. The predicted molar refractivity (Wildman–Crippen MR) is 182 cm³/mol. The van der Waals surface area contributed by atoms with E-state index in [1.54, 1.807) is 0 Å². The van der Waals surface area contributed by atoms with Crippen LogP contribution in [0.2, 0.25) is 0 Å². The van der Waals surface area contributed by atoms with Crippen LogP contribution < -0.4 is 0 Å². The molecule has 0 unspecified atom stereocenters. The summed E-state index contributed by atoms with van der Waals surface area (Å²) in [6.07, 6.45) is 0. The lowest BCUT2D eigenvalue weighted by molar-refractivity contribution is 0.620. The molecule has 9 rings (SSSR count). The van der Waals surface area contributed by atoms with Gasteiger partial charge in [-0.3, -0.25) is 0 Å². The number of hydrogen-bond acceptors (Lipinski definition) is 6. The van der Waals surface area contributed by atoms with Crippen molar-refractivity contribution in [2.24, 2.45) is 0 Å². The molecule has 0 fully saturated rings. The van der Waals surface area contributed by atoms with Gasteiger partial charge in [-0.2, -0.15) is 0 Å². The van der Waals surface area contributed by atoms with Gasteiger partial charge >= 0.3 is 0 Å². The van der Waals surface area contributed by atoms with Crippen molar-refractivity contribution < 1.29 is 8.83 Å². The third-order valence-electron chi connectivity index (χ3n) is 8.19. The number of rotatable bonds is 5. The SMILES string of the molecule is c1ccc(-c2nc(-c3ccc(-c4ccc5nc(-c6ccccc6)oc5c4)cc3)nc(-c3ccc4c(c3)oc3ccccc34)n2)cc1. The van der Waals surface area contributed by atoms with Crippen LogP contribution in [-0.4, -0.2) is 19.9 Å². The third-order valence-corrected chi connectivity index (χ3v) is 8.19. The van der Waals surface area contributed by atoms with E-state index >= 15 is 0 Å². The van der Waals surface area contributed by atoms with E-state index < -0.39 is 0 Å². The van der Waals surface area contributed by atoms with Gasteiger partial charge in [-0.1, -0.05) is 103 Å². The predicted octanol–water partition coefficient (Wildman–Crippen LogP) is 10.2. The van der Waals surface area contributed by atoms with Gasteiger partial charge in [0.1, 0.15) is 16.7 Å². The van der Waals surface area contributed by atoms with Crippen LogP contribution in [0, 0.1) is 0 Å². The Morgan fingerprint density at radius 1 is 0.326 bits per heavy atom. The van der Waals surface area contributed by atoms with Crippen molar-refractivity contribution in [2.45, 2.75) is 0 Å². The van der Waals surface area contributed by atoms with E-state index in [1.165, 1.54) is 0 Å². The van der Waals surface area contributed by atoms with Crippen molar-refractivity contribution in [1.82, 2.24) is 19.9 Å². The fourth-order valence-corrected chi connectivity index (χ4v) is 5.84. The van der Waals surface area contributed by atoms with E-state index in [4.69, 9.17) is 23.8 Å². The molecule has 0 radical (unpaired) electrons. The summed E-state index contributed by atoms with van der Waals surface area (Å²) in [5.41, 5.74) is 8.94. The molecule has 0 spiro atoms. The summed E-state index contributed by atoms with van der Waals surface area (Å²) < 4.78 is 12.3. The van der Waals surface area contributed by atoms with Gasteiger partial charge < -0.3 is 8.83 Å². The normalized spacial score (nSPS) is 11.5. The summed E-state index contributed by atoms with van der Waals surface area (Å²) in [5.74, 6) is 2.40. The first-order chi connectivity index (χ1) is 22.7. The summed E-state index contributed by atoms with van der Waals surface area (Å²) in [7, 11) is 0. The van der Waals surface area contributed by atoms with E-state index in [9.17, 15) is 0 Å². The standard InChI is InChI=1S/C40H24N4O2/c1-3-9-26(10-4-1)37-42-38(44-39(43-37)30-19-21-32-31-13-7-8-14-34(31)45-35(32)24-30)27-17-15-25(16-18-27)29-20-22-33-36(23-29)46-40(41-33)28-11-5-2-6-12-28/h1-24H. The van der Waals surface area contributed by atoms with E-state index in [0.717, 1.165) is 66.4 Å². The van der Waals surface area contributed by atoms with Crippen LogP contribution >= 0.6 is 0 Å². The maximum absolute atomic E-state index is 6.17. The van der Waals surface area contributed by atoms with Crippen LogP contribution in [0.1, 0.15) is 0 Å². The largest absolute Gasteiger partial charge is 0.456 e. The number of nitrogens with zero attached hydrogens (tertiary/aromatic N) is 4. The molecule has 3 heterocycles. The Bertz CT molecular complexity index is 2520. The Morgan fingerprint density at radius 2 is 0.870 bits per heavy atom. The number of hydrogen-bond donors (Lipinski definition) is 0. The highest BCUT2D eigenvalue weighted by atomic mass is 16.3. The van der Waals surface area contributed by atoms with Gasteiger partial charge in [-0.05, 0) is 53.6 Å². The smallest absolute Gasteiger partial charge is 0.227 e. The highest BCUT2D eigenvalue weighted by Gasteiger charge is 2.15. The molecule has 0 aliphatic heterocycles. The van der Waals surface area contributed by atoms with E-state index in [0.29, 0.717) is 23.4 Å². The Morgan fingerprint density at radius 3 is 1.63 bits per heavy atom. The van der Waals surface area contributed by atoms with Crippen molar-refractivity contribution in [3.8, 4) is 56.7 Å². The molecule has 46 heavy (non-hydrogen) atoms. The van der Waals surface area contributed by atoms with E-state index in [-0.39, 0.29) is 0 Å². The van der Waals surface area contributed by atoms with Gasteiger partial charge in [0.15, 0.2) is 23.1 Å². The molecule has 6 nitrogen and oxygen atoms in total. The molecule has 216 valence electrons. The minimum absolute atomic E-state index is 0.584. The van der Waals surface area contributed by atoms with Crippen molar-refractivity contribution in [3.63, 3.8) is 0 Å². The fraction of sp³-hybridized carbons (Fsp3) is 0. The summed E-state index contributed by atoms with van der Waals surface area (Å²) in [6, 6.07) is 48.5. The molecule has 3 aromatic heterocycles. The van der Waals surface area contributed by atoms with Gasteiger partial charge in [0.2, 0.25) is 5.89 Å². The zero-order valence-electron chi connectivity index (χ0n) is 24.5. The maximum atomic E-state index is 6.17. The van der Waals surface area contributed by atoms with Gasteiger partial charge in [0, 0.05) is 33.0 Å². The van der Waals surface area contributed by atoms with Crippen molar-refractivity contribution >= 4 is 33.0 Å². The minimum Gasteiger partial charge on any atom is -0.456 e. The number of aromatic nitrogens is 4. The highest BCUT2D eigenvalue weighted by Crippen LogP contribution is 2.33. The van der Waals surface area contributed by atoms with E-state index in [1.807, 2.05) is 115 Å². The first kappa shape index (κ1) is 26.0. The molecular formula is C40H24N4O2. The van der Waals surface area contributed by atoms with Crippen LogP contribution in [0.4, 0.5) is 0 Å². The average Bonchev–Trinajstić information content (AvgIpc) is 3.73. The number of oxazole rings is 1. The Balaban J connectivity index is 1.10. The van der Waals surface area contributed by atoms with Crippen molar-refractivity contribution in [1.29, 1.82) is 0 Å². The Labute approximate surface area is 263 Å². The Kier molecular flexibility index (Phi) is 6.03. The lowest BCUT2D eigenvalue weighted by Gasteiger charge is -2.09. The Hall–Kier alpha value is -6.40. The maximum Gasteiger partial charge on any atom is 0.227 e. The summed E-state index contributed by atoms with van der Waals surface area (Å²) in [4.78, 5) is 19.4. The van der Waals surface area contributed by atoms with Gasteiger partial charge in [0.05, 0.1) is 0 Å². The number of fused-ring (bicyclic) bond motifs is 4. The van der Waals surface area contributed by atoms with Gasteiger partial charge in [0.25, 0.3) is 0 Å². The van der Waals surface area contributed by atoms with Crippen LogP contribution in [0.3, 0.4) is 0 Å². The van der Waals surface area contributed by atoms with E-state index in [2.05, 4.69) is 35.3 Å².